The van der Waals surface area contributed by atoms with Crippen molar-refractivity contribution in [1.82, 2.24) is 10.2 Å². The Morgan fingerprint density at radius 1 is 1.05 bits per heavy atom. The number of anilines is 1. The molecular weight excluding hydrogens is 549 g/mol. The minimum Gasteiger partial charge on any atom is -0.492 e. The van der Waals surface area contributed by atoms with E-state index in [2.05, 4.69) is 5.32 Å². The van der Waals surface area contributed by atoms with Crippen LogP contribution in [0, 0.1) is 0 Å². The highest BCUT2D eigenvalue weighted by atomic mass is 35.5. The molecule has 1 N–H and O–H groups in total. The fraction of sp³-hybridized carbons (Fsp3) is 0.481. The van der Waals surface area contributed by atoms with Gasteiger partial charge in [-0.15, -0.1) is 0 Å². The zero-order chi connectivity index (χ0) is 28.7. The number of amides is 2. The first-order valence-corrected chi connectivity index (χ1v) is 15.0. The standard InChI is InChI=1S/C27H37Cl2N3O5S/c1-7-37-24-15-9-8-14-23(24)32(38(6,35)36)17-11-16-25(33)31(19(2)26(34)30-27(3,4)5)18-20-21(28)12-10-13-22(20)29/h8-10,12-15,19H,7,11,16-18H2,1-6H3,(H,30,34)/t19-/m0/s1. The van der Waals surface area contributed by atoms with Gasteiger partial charge in [0.2, 0.25) is 21.8 Å². The molecular formula is C27H37Cl2N3O5S. The molecule has 0 aromatic heterocycles. The van der Waals surface area contributed by atoms with Gasteiger partial charge in [-0.05, 0) is 65.3 Å². The van der Waals surface area contributed by atoms with E-state index < -0.39 is 21.6 Å². The number of para-hydroxylation sites is 2. The van der Waals surface area contributed by atoms with Gasteiger partial charge in [-0.2, -0.15) is 0 Å². The Kier molecular flexibility index (Phi) is 11.3. The van der Waals surface area contributed by atoms with E-state index in [-0.39, 0.29) is 37.7 Å². The third-order valence-corrected chi connectivity index (χ3v) is 7.53. The van der Waals surface area contributed by atoms with Crippen LogP contribution in [0.25, 0.3) is 0 Å². The molecule has 0 fully saturated rings. The molecule has 8 nitrogen and oxygen atoms in total. The molecule has 1 atom stereocenters. The molecule has 0 heterocycles. The quantitative estimate of drug-likeness (QED) is 0.366. The molecule has 0 unspecified atom stereocenters. The molecule has 11 heteroatoms. The molecule has 0 aliphatic heterocycles. The number of benzene rings is 2. The Morgan fingerprint density at radius 2 is 1.66 bits per heavy atom. The zero-order valence-corrected chi connectivity index (χ0v) is 25.1. The van der Waals surface area contributed by atoms with Crippen LogP contribution in [-0.4, -0.2) is 56.1 Å². The number of nitrogens with zero attached hydrogens (tertiary/aromatic N) is 2. The first-order valence-electron chi connectivity index (χ1n) is 12.4. The second-order valence-electron chi connectivity index (χ2n) is 9.98. The Balaban J connectivity index is 2.28. The number of sulfonamides is 1. The molecule has 0 aliphatic carbocycles. The topological polar surface area (TPSA) is 96.0 Å². The van der Waals surface area contributed by atoms with Crippen molar-refractivity contribution in [2.75, 3.05) is 23.7 Å². The van der Waals surface area contributed by atoms with Gasteiger partial charge in [0, 0.05) is 40.7 Å². The molecule has 2 amide bonds. The van der Waals surface area contributed by atoms with Gasteiger partial charge in [0.05, 0.1) is 18.6 Å². The van der Waals surface area contributed by atoms with Crippen LogP contribution in [0.2, 0.25) is 10.0 Å². The highest BCUT2D eigenvalue weighted by molar-refractivity contribution is 7.92. The number of carbonyl (C=O) groups excluding carboxylic acids is 2. The lowest BCUT2D eigenvalue weighted by Crippen LogP contribution is -2.52. The number of halogens is 2. The maximum absolute atomic E-state index is 13.5. The van der Waals surface area contributed by atoms with Crippen LogP contribution >= 0.6 is 23.2 Å². The maximum atomic E-state index is 13.5. The smallest absolute Gasteiger partial charge is 0.242 e. The van der Waals surface area contributed by atoms with E-state index >= 15 is 0 Å². The van der Waals surface area contributed by atoms with Gasteiger partial charge in [-0.1, -0.05) is 41.4 Å². The first-order chi connectivity index (χ1) is 17.7. The van der Waals surface area contributed by atoms with Gasteiger partial charge in [0.25, 0.3) is 0 Å². The van der Waals surface area contributed by atoms with E-state index in [1.807, 2.05) is 27.7 Å². The Labute approximate surface area is 236 Å². The number of hydrogen-bond donors (Lipinski definition) is 1. The number of carbonyl (C=O) groups is 2. The summed E-state index contributed by atoms with van der Waals surface area (Å²) in [6, 6.07) is 11.1. The Morgan fingerprint density at radius 3 is 2.21 bits per heavy atom. The molecule has 2 aromatic carbocycles. The number of rotatable bonds is 12. The van der Waals surface area contributed by atoms with E-state index in [0.29, 0.717) is 33.7 Å². The van der Waals surface area contributed by atoms with Gasteiger partial charge >= 0.3 is 0 Å². The summed E-state index contributed by atoms with van der Waals surface area (Å²) in [5, 5.41) is 3.67. The average molecular weight is 587 g/mol. The summed E-state index contributed by atoms with van der Waals surface area (Å²) in [6.07, 6.45) is 1.33. The third-order valence-electron chi connectivity index (χ3n) is 5.64. The van der Waals surface area contributed by atoms with Crippen molar-refractivity contribution in [1.29, 1.82) is 0 Å². The van der Waals surface area contributed by atoms with E-state index in [0.717, 1.165) is 6.26 Å². The Bertz CT molecular complexity index is 1210. The highest BCUT2D eigenvalue weighted by Gasteiger charge is 2.30. The largest absolute Gasteiger partial charge is 0.492 e. The molecule has 0 bridgehead atoms. The molecule has 38 heavy (non-hydrogen) atoms. The first kappa shape index (κ1) is 31.7. The van der Waals surface area contributed by atoms with Crippen molar-refractivity contribution in [3.8, 4) is 5.75 Å². The van der Waals surface area contributed by atoms with Gasteiger partial charge < -0.3 is 15.0 Å². The van der Waals surface area contributed by atoms with Crippen molar-refractivity contribution in [2.45, 2.75) is 65.6 Å². The minimum atomic E-state index is -3.66. The molecule has 210 valence electrons. The molecule has 2 rings (SSSR count). The summed E-state index contributed by atoms with van der Waals surface area (Å²) < 4.78 is 32.1. The number of nitrogens with one attached hydrogen (secondary N) is 1. The van der Waals surface area contributed by atoms with Crippen molar-refractivity contribution < 1.29 is 22.7 Å². The fourth-order valence-electron chi connectivity index (χ4n) is 3.83. The van der Waals surface area contributed by atoms with Gasteiger partial charge in [0.15, 0.2) is 0 Å². The SMILES string of the molecule is CCOc1ccccc1N(CCCC(=O)N(Cc1c(Cl)cccc1Cl)[C@@H](C)C(=O)NC(C)(C)C)S(C)(=O)=O. The van der Waals surface area contributed by atoms with E-state index in [1.165, 1.54) is 9.21 Å². The second kappa shape index (κ2) is 13.5. The summed E-state index contributed by atoms with van der Waals surface area (Å²) in [5.74, 6) is -0.212. The monoisotopic (exact) mass is 585 g/mol. The van der Waals surface area contributed by atoms with E-state index in [9.17, 15) is 18.0 Å². The lowest BCUT2D eigenvalue weighted by atomic mass is 10.1. The van der Waals surface area contributed by atoms with Crippen molar-refractivity contribution in [2.24, 2.45) is 0 Å². The molecule has 0 spiro atoms. The van der Waals surface area contributed by atoms with Gasteiger partial charge in [-0.25, -0.2) is 8.42 Å². The highest BCUT2D eigenvalue weighted by Crippen LogP contribution is 2.31. The summed E-state index contributed by atoms with van der Waals surface area (Å²) >= 11 is 12.7. The average Bonchev–Trinajstić information content (AvgIpc) is 2.80. The predicted molar refractivity (Wildman–Crippen MR) is 153 cm³/mol. The van der Waals surface area contributed by atoms with Crippen LogP contribution < -0.4 is 14.4 Å². The molecule has 0 saturated carbocycles. The van der Waals surface area contributed by atoms with E-state index in [4.69, 9.17) is 27.9 Å². The Hall–Kier alpha value is -2.49. The van der Waals surface area contributed by atoms with Crippen molar-refractivity contribution in [3.63, 3.8) is 0 Å². The summed E-state index contributed by atoms with van der Waals surface area (Å²) in [7, 11) is -3.66. The van der Waals surface area contributed by atoms with Crippen LogP contribution in [0.1, 0.15) is 53.0 Å². The molecule has 2 aromatic rings. The second-order valence-corrected chi connectivity index (χ2v) is 12.7. The van der Waals surface area contributed by atoms with Gasteiger partial charge in [0.1, 0.15) is 11.8 Å². The lowest BCUT2D eigenvalue weighted by molar-refractivity contribution is -0.141. The van der Waals surface area contributed by atoms with Gasteiger partial charge in [-0.3, -0.25) is 13.9 Å². The fourth-order valence-corrected chi connectivity index (χ4v) is 5.32. The van der Waals surface area contributed by atoms with Crippen LogP contribution in [0.3, 0.4) is 0 Å². The maximum Gasteiger partial charge on any atom is 0.242 e. The predicted octanol–water partition coefficient (Wildman–Crippen LogP) is 5.27. The van der Waals surface area contributed by atoms with Crippen LogP contribution in [0.15, 0.2) is 42.5 Å². The zero-order valence-electron chi connectivity index (χ0n) is 22.8. The summed E-state index contributed by atoms with van der Waals surface area (Å²) in [4.78, 5) is 27.9. The van der Waals surface area contributed by atoms with Crippen LogP contribution in [-0.2, 0) is 26.2 Å². The van der Waals surface area contributed by atoms with E-state index in [1.54, 1.807) is 49.4 Å². The van der Waals surface area contributed by atoms with Crippen LogP contribution in [0.4, 0.5) is 5.69 Å². The number of ether oxygens (including phenoxy) is 1. The lowest BCUT2D eigenvalue weighted by Gasteiger charge is -2.32. The van der Waals surface area contributed by atoms with Crippen molar-refractivity contribution in [3.05, 3.63) is 58.1 Å². The third kappa shape index (κ3) is 9.06. The van der Waals surface area contributed by atoms with Crippen LogP contribution in [0.5, 0.6) is 5.75 Å². The normalized spacial score (nSPS) is 12.5. The summed E-state index contributed by atoms with van der Waals surface area (Å²) in [5.41, 5.74) is 0.441. The molecule has 0 saturated heterocycles. The number of hydrogen-bond acceptors (Lipinski definition) is 5. The molecule has 0 radical (unpaired) electrons. The van der Waals surface area contributed by atoms with Crippen molar-refractivity contribution >= 4 is 50.7 Å². The summed E-state index contributed by atoms with van der Waals surface area (Å²) in [6.45, 7) is 9.48. The molecule has 0 aliphatic rings. The minimum absolute atomic E-state index is 0.00195.